The number of piperidine rings is 1. The number of likely N-dealkylation sites (tertiary alicyclic amines) is 1. The molecule has 3 nitrogen and oxygen atoms in total. The van der Waals surface area contributed by atoms with Crippen LogP contribution < -0.4 is 0 Å². The van der Waals surface area contributed by atoms with Gasteiger partial charge in [0.05, 0.1) is 6.10 Å². The molecule has 4 aliphatic rings. The molecule has 1 N–H and O–H groups in total. The summed E-state index contributed by atoms with van der Waals surface area (Å²) in [5.74, 6) is 2.82. The smallest absolute Gasteiger partial charge is 0.222 e. The fourth-order valence-corrected chi connectivity index (χ4v) is 7.74. The van der Waals surface area contributed by atoms with Gasteiger partial charge in [-0.1, -0.05) is 19.9 Å². The number of fused-ring (bicyclic) bond motifs is 5. The van der Waals surface area contributed by atoms with Crippen molar-refractivity contribution < 1.29 is 9.90 Å². The third-order valence-corrected chi connectivity index (χ3v) is 9.14. The summed E-state index contributed by atoms with van der Waals surface area (Å²) in [5, 5.41) is 11.0. The van der Waals surface area contributed by atoms with E-state index in [0.29, 0.717) is 23.8 Å². The van der Waals surface area contributed by atoms with Crippen molar-refractivity contribution in [3.8, 4) is 0 Å². The van der Waals surface area contributed by atoms with Crippen LogP contribution in [-0.4, -0.2) is 35.1 Å². The molecule has 5 unspecified atom stereocenters. The second kappa shape index (κ2) is 5.84. The van der Waals surface area contributed by atoms with Crippen LogP contribution in [0.2, 0.25) is 0 Å². The second-order valence-electron chi connectivity index (χ2n) is 9.99. The van der Waals surface area contributed by atoms with Gasteiger partial charge in [0.15, 0.2) is 0 Å². The molecular weight excluding hydrogens is 310 g/mol. The molecule has 0 aromatic rings. The zero-order valence-corrected chi connectivity index (χ0v) is 16.2. The monoisotopic (exact) mass is 345 g/mol. The number of aliphatic hydroxyl groups is 1. The van der Waals surface area contributed by atoms with Crippen LogP contribution in [0.4, 0.5) is 0 Å². The summed E-state index contributed by atoms with van der Waals surface area (Å²) in [7, 11) is 2.02. The van der Waals surface area contributed by atoms with Crippen LogP contribution in [0.25, 0.3) is 0 Å². The van der Waals surface area contributed by atoms with Crippen molar-refractivity contribution >= 4 is 5.91 Å². The highest BCUT2D eigenvalue weighted by molar-refractivity contribution is 5.77. The Kier molecular flexibility index (Phi) is 4.10. The number of aliphatic hydroxyl groups excluding tert-OH is 1. The molecular formula is C22H35NO2. The van der Waals surface area contributed by atoms with Crippen molar-refractivity contribution in [2.75, 3.05) is 7.05 Å². The Morgan fingerprint density at radius 2 is 1.96 bits per heavy atom. The van der Waals surface area contributed by atoms with E-state index in [2.05, 4.69) is 25.3 Å². The molecule has 140 valence electrons. The number of allylic oxidation sites excluding steroid dienone is 1. The minimum Gasteiger partial charge on any atom is -0.392 e. The van der Waals surface area contributed by atoms with Gasteiger partial charge in [-0.05, 0) is 79.4 Å². The maximum atomic E-state index is 12.2. The van der Waals surface area contributed by atoms with Gasteiger partial charge in [-0.3, -0.25) is 4.79 Å². The van der Waals surface area contributed by atoms with Crippen LogP contribution in [0.1, 0.15) is 65.2 Å². The summed E-state index contributed by atoms with van der Waals surface area (Å²) in [4.78, 5) is 14.3. The number of carbonyl (C=O) groups excluding carboxylic acids is 1. The fourth-order valence-electron chi connectivity index (χ4n) is 7.74. The molecule has 3 aliphatic carbocycles. The highest BCUT2D eigenvalue weighted by Gasteiger charge is 2.62. The number of rotatable bonds is 2. The normalized spacial score (nSPS) is 52.3. The van der Waals surface area contributed by atoms with Gasteiger partial charge < -0.3 is 10.0 Å². The van der Waals surface area contributed by atoms with Gasteiger partial charge in [-0.25, -0.2) is 0 Å². The van der Waals surface area contributed by atoms with E-state index in [1.165, 1.54) is 19.3 Å². The quantitative estimate of drug-likeness (QED) is 0.768. The molecule has 1 aliphatic heterocycles. The van der Waals surface area contributed by atoms with E-state index in [4.69, 9.17) is 0 Å². The van der Waals surface area contributed by atoms with E-state index in [1.807, 2.05) is 13.1 Å². The topological polar surface area (TPSA) is 40.5 Å². The Bertz CT molecular complexity index is 574. The number of hydrogen-bond donors (Lipinski definition) is 1. The molecule has 3 heteroatoms. The van der Waals surface area contributed by atoms with Crippen molar-refractivity contribution in [2.45, 2.75) is 77.4 Å². The highest BCUT2D eigenvalue weighted by atomic mass is 16.3. The maximum Gasteiger partial charge on any atom is 0.222 e. The minimum atomic E-state index is -0.169. The first-order valence-electron chi connectivity index (χ1n) is 10.4. The van der Waals surface area contributed by atoms with Crippen LogP contribution in [0.5, 0.6) is 0 Å². The average molecular weight is 346 g/mol. The minimum absolute atomic E-state index is 0.0917. The van der Waals surface area contributed by atoms with E-state index in [9.17, 15) is 9.90 Å². The predicted molar refractivity (Wildman–Crippen MR) is 99.9 cm³/mol. The number of amides is 1. The van der Waals surface area contributed by atoms with E-state index < -0.39 is 0 Å². The lowest BCUT2D eigenvalue weighted by Gasteiger charge is -2.61. The van der Waals surface area contributed by atoms with Crippen LogP contribution in [0, 0.1) is 34.5 Å². The molecule has 4 fully saturated rings. The molecule has 8 atom stereocenters. The lowest BCUT2D eigenvalue weighted by molar-refractivity contribution is -0.160. The van der Waals surface area contributed by atoms with Gasteiger partial charge in [0, 0.05) is 19.5 Å². The van der Waals surface area contributed by atoms with Crippen molar-refractivity contribution in [3.05, 3.63) is 12.7 Å². The zero-order valence-electron chi connectivity index (χ0n) is 16.2. The van der Waals surface area contributed by atoms with Gasteiger partial charge in [-0.2, -0.15) is 0 Å². The van der Waals surface area contributed by atoms with E-state index >= 15 is 0 Å². The molecule has 0 bridgehead atoms. The Morgan fingerprint density at radius 3 is 2.68 bits per heavy atom. The molecule has 1 saturated heterocycles. The van der Waals surface area contributed by atoms with E-state index in [0.717, 1.165) is 43.9 Å². The molecule has 1 heterocycles. The molecule has 0 aromatic heterocycles. The van der Waals surface area contributed by atoms with Crippen LogP contribution in [-0.2, 0) is 4.79 Å². The Morgan fingerprint density at radius 1 is 1.20 bits per heavy atom. The number of carbonyl (C=O) groups is 1. The molecule has 4 rings (SSSR count). The number of hydrogen-bond acceptors (Lipinski definition) is 2. The van der Waals surface area contributed by atoms with Crippen molar-refractivity contribution in [1.29, 1.82) is 0 Å². The molecule has 1 amide bonds. The zero-order chi connectivity index (χ0) is 18.0. The summed E-state index contributed by atoms with van der Waals surface area (Å²) >= 11 is 0. The van der Waals surface area contributed by atoms with E-state index in [-0.39, 0.29) is 16.9 Å². The molecule has 0 spiro atoms. The lowest BCUT2D eigenvalue weighted by Crippen LogP contribution is -2.61. The van der Waals surface area contributed by atoms with Crippen molar-refractivity contribution in [3.63, 3.8) is 0 Å². The SMILES string of the molecule is C=CC[C@H]1CC2C3CC[C@H]4N(C)C(=O)CCC4(C)C3CCC2(C)[C@H]1O. The lowest BCUT2D eigenvalue weighted by atomic mass is 9.47. The first kappa shape index (κ1) is 17.6. The van der Waals surface area contributed by atoms with Crippen molar-refractivity contribution in [2.24, 2.45) is 34.5 Å². The molecule has 3 saturated carbocycles. The predicted octanol–water partition coefficient (Wildman–Crippen LogP) is 4.01. The first-order valence-corrected chi connectivity index (χ1v) is 10.4. The third kappa shape index (κ3) is 2.30. The average Bonchev–Trinajstić information content (AvgIpc) is 2.84. The largest absolute Gasteiger partial charge is 0.392 e. The van der Waals surface area contributed by atoms with Gasteiger partial charge in [0.2, 0.25) is 5.91 Å². The van der Waals surface area contributed by atoms with Crippen molar-refractivity contribution in [1.82, 2.24) is 4.90 Å². The van der Waals surface area contributed by atoms with Crippen LogP contribution in [0.3, 0.4) is 0 Å². The molecule has 0 aromatic carbocycles. The second-order valence-corrected chi connectivity index (χ2v) is 9.99. The fraction of sp³-hybridized carbons (Fsp3) is 0.864. The Balaban J connectivity index is 1.63. The summed E-state index contributed by atoms with van der Waals surface area (Å²) in [6, 6.07) is 0.426. The van der Waals surface area contributed by atoms with Gasteiger partial charge in [0.1, 0.15) is 0 Å². The number of nitrogens with zero attached hydrogens (tertiary/aromatic N) is 1. The van der Waals surface area contributed by atoms with Crippen LogP contribution >= 0.6 is 0 Å². The summed E-state index contributed by atoms with van der Waals surface area (Å²) in [6.07, 6.45) is 10.5. The van der Waals surface area contributed by atoms with Gasteiger partial charge in [-0.15, -0.1) is 6.58 Å². The van der Waals surface area contributed by atoms with E-state index in [1.54, 1.807) is 0 Å². The highest BCUT2D eigenvalue weighted by Crippen LogP contribution is 2.65. The summed E-state index contributed by atoms with van der Waals surface area (Å²) in [5.41, 5.74) is 0.364. The Hall–Kier alpha value is -0.830. The van der Waals surface area contributed by atoms with Crippen LogP contribution in [0.15, 0.2) is 12.7 Å². The molecule has 25 heavy (non-hydrogen) atoms. The Labute approximate surface area is 152 Å². The third-order valence-electron chi connectivity index (χ3n) is 9.14. The first-order chi connectivity index (χ1) is 11.8. The standard InChI is InChI=1S/C22H35NO2/c1-5-6-14-13-17-15-7-8-18-21(2,12-10-19(24)23(18)4)16(15)9-11-22(17,3)20(14)25/h5,14-18,20,25H,1,6-13H2,2-4H3/t14-,15?,16?,17?,18+,20-,21?,22?/m0/s1. The van der Waals surface area contributed by atoms with Gasteiger partial charge in [0.25, 0.3) is 0 Å². The van der Waals surface area contributed by atoms with Gasteiger partial charge >= 0.3 is 0 Å². The summed E-state index contributed by atoms with van der Waals surface area (Å²) < 4.78 is 0. The molecule has 0 radical (unpaired) electrons. The summed E-state index contributed by atoms with van der Waals surface area (Å²) in [6.45, 7) is 8.73. The maximum absolute atomic E-state index is 12.2.